The molecule has 35 heavy (non-hydrogen) atoms. The van der Waals surface area contributed by atoms with Gasteiger partial charge in [-0.05, 0) is 44.4 Å². The topological polar surface area (TPSA) is 168 Å². The Balaban J connectivity index is 1.76. The number of nitrogens with zero attached hydrogens (tertiary/aromatic N) is 1. The molecule has 1 aromatic carbocycles. The van der Waals surface area contributed by atoms with Crippen LogP contribution in [0.15, 0.2) is 36.4 Å². The molecule has 2 atom stereocenters. The van der Waals surface area contributed by atoms with Crippen LogP contribution in [0.3, 0.4) is 0 Å². The molecule has 5 N–H and O–H groups in total. The molecule has 0 aliphatic carbocycles. The second-order valence-corrected chi connectivity index (χ2v) is 8.18. The fourth-order valence-corrected chi connectivity index (χ4v) is 3.29. The monoisotopic (exact) mass is 484 g/mol. The Morgan fingerprint density at radius 3 is 2.17 bits per heavy atom. The summed E-state index contributed by atoms with van der Waals surface area (Å²) in [6.45, 7) is 5.49. The Kier molecular flexibility index (Phi) is 10.1. The molecular weight excluding hydrogens is 454 g/mol. The minimum Gasteiger partial charge on any atom is -0.370 e. The Morgan fingerprint density at radius 1 is 0.943 bits per heavy atom. The van der Waals surface area contributed by atoms with E-state index in [1.54, 1.807) is 24.3 Å². The van der Waals surface area contributed by atoms with Gasteiger partial charge in [-0.2, -0.15) is 0 Å². The molecule has 11 nitrogen and oxygen atoms in total. The van der Waals surface area contributed by atoms with Crippen LogP contribution in [-0.2, 0) is 28.8 Å². The molecule has 0 fully saturated rings. The maximum absolute atomic E-state index is 12.6. The maximum Gasteiger partial charge on any atom is 0.253 e. The highest BCUT2D eigenvalue weighted by Crippen LogP contribution is 2.10. The largest absolute Gasteiger partial charge is 0.370 e. The lowest BCUT2D eigenvalue weighted by molar-refractivity contribution is -0.137. The minimum absolute atomic E-state index is 0.144. The molecule has 11 heteroatoms. The van der Waals surface area contributed by atoms with Crippen molar-refractivity contribution in [3.63, 3.8) is 0 Å². The van der Waals surface area contributed by atoms with Crippen LogP contribution in [-0.4, -0.2) is 59.0 Å². The Bertz CT molecular complexity index is 986. The smallest absolute Gasteiger partial charge is 0.253 e. The molecule has 0 spiro atoms. The maximum atomic E-state index is 12.6. The van der Waals surface area contributed by atoms with E-state index in [-0.39, 0.29) is 30.7 Å². The van der Waals surface area contributed by atoms with Crippen LogP contribution < -0.4 is 21.7 Å². The highest BCUT2D eigenvalue weighted by atomic mass is 16.2. The van der Waals surface area contributed by atoms with Crippen molar-refractivity contribution >= 4 is 41.1 Å². The van der Waals surface area contributed by atoms with Crippen LogP contribution in [0.1, 0.15) is 44.6 Å². The molecule has 6 amide bonds. The van der Waals surface area contributed by atoms with Crippen LogP contribution in [0.5, 0.6) is 0 Å². The van der Waals surface area contributed by atoms with Crippen LogP contribution in [0, 0.1) is 6.92 Å². The van der Waals surface area contributed by atoms with E-state index in [0.29, 0.717) is 24.9 Å². The van der Waals surface area contributed by atoms with Gasteiger partial charge in [0.1, 0.15) is 12.1 Å². The summed E-state index contributed by atoms with van der Waals surface area (Å²) >= 11 is 0. The number of hydrogen-bond donors (Lipinski definition) is 4. The number of anilines is 1. The zero-order valence-corrected chi connectivity index (χ0v) is 19.5. The Morgan fingerprint density at radius 2 is 1.57 bits per heavy atom. The lowest BCUT2D eigenvalue weighted by atomic mass is 10.1. The van der Waals surface area contributed by atoms with Gasteiger partial charge in [-0.1, -0.05) is 18.6 Å². The average molecular weight is 485 g/mol. The Hall–Kier alpha value is -4.02. The van der Waals surface area contributed by atoms with E-state index in [2.05, 4.69) is 22.9 Å². The van der Waals surface area contributed by atoms with Gasteiger partial charge in [0.05, 0.1) is 6.42 Å². The summed E-state index contributed by atoms with van der Waals surface area (Å²) in [5, 5.41) is 7.59. The van der Waals surface area contributed by atoms with Gasteiger partial charge < -0.3 is 21.7 Å². The zero-order valence-electron chi connectivity index (χ0n) is 19.5. The van der Waals surface area contributed by atoms with Crippen molar-refractivity contribution < 1.29 is 28.8 Å². The summed E-state index contributed by atoms with van der Waals surface area (Å²) in [6.07, 6.45) is 3.85. The molecule has 1 heterocycles. The van der Waals surface area contributed by atoms with Gasteiger partial charge in [0.25, 0.3) is 11.8 Å². The molecule has 0 aromatic heterocycles. The van der Waals surface area contributed by atoms with Crippen LogP contribution in [0.2, 0.25) is 0 Å². The number of imide groups is 1. The fraction of sp³-hybridized carbons (Fsp3) is 0.375. The summed E-state index contributed by atoms with van der Waals surface area (Å²) in [7, 11) is 0. The number of primary amides is 1. The lowest BCUT2D eigenvalue weighted by Crippen LogP contribution is -2.52. The van der Waals surface area contributed by atoms with Crippen molar-refractivity contribution in [2.45, 2.75) is 51.1 Å². The van der Waals surface area contributed by atoms with Gasteiger partial charge in [0, 0.05) is 30.8 Å². The fourth-order valence-electron chi connectivity index (χ4n) is 3.29. The van der Waals surface area contributed by atoms with E-state index < -0.39 is 36.2 Å². The van der Waals surface area contributed by atoms with Crippen molar-refractivity contribution in [1.82, 2.24) is 15.5 Å². The van der Waals surface area contributed by atoms with Gasteiger partial charge in [-0.25, -0.2) is 0 Å². The molecule has 0 saturated heterocycles. The van der Waals surface area contributed by atoms with E-state index in [1.165, 1.54) is 19.1 Å². The van der Waals surface area contributed by atoms with Gasteiger partial charge >= 0.3 is 0 Å². The first-order valence-electron chi connectivity index (χ1n) is 11.2. The summed E-state index contributed by atoms with van der Waals surface area (Å²) in [6, 6.07) is 4.47. The van der Waals surface area contributed by atoms with Crippen molar-refractivity contribution in [2.75, 3.05) is 11.9 Å². The average Bonchev–Trinajstić information content (AvgIpc) is 3.11. The quantitative estimate of drug-likeness (QED) is 0.230. The number of amides is 6. The van der Waals surface area contributed by atoms with Gasteiger partial charge in [-0.3, -0.25) is 33.7 Å². The first kappa shape index (κ1) is 27.2. The summed E-state index contributed by atoms with van der Waals surface area (Å²) < 4.78 is 0. The lowest BCUT2D eigenvalue weighted by Gasteiger charge is -2.20. The number of carbonyl (C=O) groups is 6. The zero-order chi connectivity index (χ0) is 26.0. The predicted octanol–water partition coefficient (Wildman–Crippen LogP) is 0.158. The molecule has 1 aliphatic heterocycles. The molecule has 1 radical (unpaired) electrons. The van der Waals surface area contributed by atoms with E-state index in [0.717, 1.165) is 10.5 Å². The summed E-state index contributed by atoms with van der Waals surface area (Å²) in [5.74, 6) is -3.10. The molecule has 2 rings (SSSR count). The molecule has 0 unspecified atom stereocenters. The van der Waals surface area contributed by atoms with Gasteiger partial charge in [-0.15, -0.1) is 0 Å². The number of rotatable bonds is 13. The van der Waals surface area contributed by atoms with Crippen LogP contribution in [0.4, 0.5) is 5.69 Å². The van der Waals surface area contributed by atoms with Crippen molar-refractivity contribution in [3.8, 4) is 0 Å². The van der Waals surface area contributed by atoms with E-state index in [1.807, 2.05) is 0 Å². The standard InChI is InChI=1S/C24H30N5O6/c1-15-7-9-17(10-8-15)27-24(35)18(14-19(25)30)28-23(34)16(2)26-20(31)6-4-3-5-13-29-21(32)11-12-22(29)33/h7-12,16,18H,1,3-6,13-14H2,2H3,(H2,25,30)(H,26,31)(H,27,35)(H,28,34)/t16-,18-/m0/s1. The molecule has 187 valence electrons. The first-order chi connectivity index (χ1) is 16.6. The van der Waals surface area contributed by atoms with Gasteiger partial charge in [0.15, 0.2) is 0 Å². The van der Waals surface area contributed by atoms with Crippen LogP contribution in [0.25, 0.3) is 0 Å². The van der Waals surface area contributed by atoms with E-state index in [4.69, 9.17) is 5.73 Å². The SMILES string of the molecule is [CH2]c1ccc(NC(=O)[C@H](CC(N)=O)NC(=O)[C@H](C)NC(=O)CCCCCN2C(=O)C=CC2=O)cc1. The first-order valence-corrected chi connectivity index (χ1v) is 11.2. The Labute approximate surface area is 203 Å². The summed E-state index contributed by atoms with van der Waals surface area (Å²) in [4.78, 5) is 72.8. The molecule has 0 bridgehead atoms. The van der Waals surface area contributed by atoms with E-state index >= 15 is 0 Å². The minimum atomic E-state index is -1.22. The molecule has 1 aromatic rings. The van der Waals surface area contributed by atoms with Crippen molar-refractivity contribution in [3.05, 3.63) is 48.9 Å². The number of nitrogens with one attached hydrogen (secondary N) is 3. The van der Waals surface area contributed by atoms with Gasteiger partial charge in [0.2, 0.25) is 23.6 Å². The molecular formula is C24H30N5O6. The third-order valence-corrected chi connectivity index (χ3v) is 5.22. The number of nitrogens with two attached hydrogens (primary N) is 1. The molecule has 1 aliphatic rings. The third kappa shape index (κ3) is 9.03. The normalized spacial score (nSPS) is 14.4. The highest BCUT2D eigenvalue weighted by molar-refractivity contribution is 6.12. The summed E-state index contributed by atoms with van der Waals surface area (Å²) in [5.41, 5.74) is 6.43. The van der Waals surface area contributed by atoms with Crippen molar-refractivity contribution in [2.24, 2.45) is 5.73 Å². The van der Waals surface area contributed by atoms with E-state index in [9.17, 15) is 28.8 Å². The second kappa shape index (κ2) is 13.0. The highest BCUT2D eigenvalue weighted by Gasteiger charge is 2.26. The van der Waals surface area contributed by atoms with Crippen molar-refractivity contribution in [1.29, 1.82) is 0 Å². The predicted molar refractivity (Wildman–Crippen MR) is 127 cm³/mol. The molecule has 0 saturated carbocycles. The second-order valence-electron chi connectivity index (χ2n) is 8.18. The number of hydrogen-bond acceptors (Lipinski definition) is 6. The number of unbranched alkanes of at least 4 members (excludes halogenated alkanes) is 2. The third-order valence-electron chi connectivity index (χ3n) is 5.22. The number of carbonyl (C=O) groups excluding carboxylic acids is 6. The number of benzene rings is 1. The van der Waals surface area contributed by atoms with Crippen LogP contribution >= 0.6 is 0 Å².